The third-order valence-electron chi connectivity index (χ3n) is 8.64. The van der Waals surface area contributed by atoms with Crippen LogP contribution in [-0.4, -0.2) is 82.6 Å². The number of piperazine rings is 1. The monoisotopic (exact) mass is 623 g/mol. The van der Waals surface area contributed by atoms with E-state index >= 15 is 0 Å². The van der Waals surface area contributed by atoms with Crippen molar-refractivity contribution in [2.45, 2.75) is 31.3 Å². The van der Waals surface area contributed by atoms with Gasteiger partial charge < -0.3 is 19.4 Å². The zero-order valence-corrected chi connectivity index (χ0v) is 25.6. The molecule has 2 aromatic carbocycles. The van der Waals surface area contributed by atoms with Crippen molar-refractivity contribution < 1.29 is 13.9 Å². The van der Waals surface area contributed by atoms with E-state index in [1.165, 1.54) is 4.90 Å². The second kappa shape index (κ2) is 12.7. The summed E-state index contributed by atoms with van der Waals surface area (Å²) in [6.07, 6.45) is 10.00. The summed E-state index contributed by atoms with van der Waals surface area (Å²) in [6, 6.07) is 13.5. The molecule has 2 fully saturated rings. The number of pyridine rings is 1. The van der Waals surface area contributed by atoms with Gasteiger partial charge in [0, 0.05) is 47.8 Å². The Kier molecular flexibility index (Phi) is 8.53. The normalized spacial score (nSPS) is 18.6. The number of ether oxygens (including phenoxy) is 1. The Hall–Kier alpha value is -4.77. The lowest BCUT2D eigenvalue weighted by Gasteiger charge is -2.41. The Morgan fingerprint density at radius 3 is 2.67 bits per heavy atom. The number of hydrogen-bond acceptors (Lipinski definition) is 8. The van der Waals surface area contributed by atoms with E-state index in [-0.39, 0.29) is 31.6 Å². The molecule has 2 saturated heterocycles. The quantitative estimate of drug-likeness (QED) is 0.200. The average molecular weight is 624 g/mol. The van der Waals surface area contributed by atoms with Gasteiger partial charge in [-0.3, -0.25) is 4.79 Å². The van der Waals surface area contributed by atoms with Crippen molar-refractivity contribution in [2.24, 2.45) is 0 Å². The molecule has 228 valence electrons. The second-order valence-corrected chi connectivity index (χ2v) is 11.7. The minimum atomic E-state index is -1.06. The van der Waals surface area contributed by atoms with Gasteiger partial charge in [-0.15, -0.1) is 6.42 Å². The van der Waals surface area contributed by atoms with Crippen molar-refractivity contribution in [3.8, 4) is 35.6 Å². The van der Waals surface area contributed by atoms with Crippen LogP contribution in [0.4, 0.5) is 10.2 Å². The molecule has 0 aliphatic carbocycles. The van der Waals surface area contributed by atoms with Crippen LogP contribution in [0.2, 0.25) is 5.02 Å². The van der Waals surface area contributed by atoms with Crippen molar-refractivity contribution in [2.75, 3.05) is 44.7 Å². The molecule has 1 unspecified atom stereocenters. The zero-order valence-electron chi connectivity index (χ0n) is 24.8. The van der Waals surface area contributed by atoms with E-state index in [0.717, 1.165) is 35.7 Å². The summed E-state index contributed by atoms with van der Waals surface area (Å²) in [5.41, 5.74) is 2.91. The Labute approximate surface area is 265 Å². The smallest absolute Gasteiger partial charge is 0.319 e. The number of amides is 1. The topological polar surface area (TPSA) is 98.5 Å². The van der Waals surface area contributed by atoms with Gasteiger partial charge in [0.25, 0.3) is 5.91 Å². The second-order valence-electron chi connectivity index (χ2n) is 11.3. The molecule has 2 aliphatic rings. The number of carbonyl (C=O) groups excluding carboxylic acids is 1. The van der Waals surface area contributed by atoms with E-state index in [4.69, 9.17) is 37.7 Å². The van der Waals surface area contributed by atoms with Crippen LogP contribution in [0.1, 0.15) is 24.8 Å². The van der Waals surface area contributed by atoms with Gasteiger partial charge in [0.15, 0.2) is 11.6 Å². The fourth-order valence-electron chi connectivity index (χ4n) is 6.30. The van der Waals surface area contributed by atoms with Crippen LogP contribution in [0.5, 0.6) is 6.01 Å². The lowest BCUT2D eigenvalue weighted by molar-refractivity contribution is -0.131. The molecule has 6 rings (SSSR count). The number of halogens is 2. The number of carbonyl (C=O) groups is 1. The molecular formula is C34H31ClFN7O2. The maximum atomic E-state index is 13.8. The fourth-order valence-corrected chi connectivity index (χ4v) is 6.59. The highest BCUT2D eigenvalue weighted by atomic mass is 35.5. The van der Waals surface area contributed by atoms with Gasteiger partial charge in [0.2, 0.25) is 0 Å². The van der Waals surface area contributed by atoms with Gasteiger partial charge in [-0.1, -0.05) is 54.4 Å². The van der Waals surface area contributed by atoms with Crippen molar-refractivity contribution in [3.05, 3.63) is 65.6 Å². The van der Waals surface area contributed by atoms with E-state index in [1.54, 1.807) is 6.20 Å². The molecule has 0 saturated carbocycles. The number of likely N-dealkylation sites (N-methyl/N-ethyl adjacent to an activating group) is 1. The Bertz CT molecular complexity index is 1900. The highest BCUT2D eigenvalue weighted by molar-refractivity contribution is 6.36. The van der Waals surface area contributed by atoms with Crippen molar-refractivity contribution >= 4 is 45.1 Å². The Balaban J connectivity index is 1.48. The number of benzene rings is 2. The predicted octanol–water partition coefficient (Wildman–Crippen LogP) is 5.37. The number of terminal acetylenes is 1. The first kappa shape index (κ1) is 30.3. The number of hydrogen-bond donors (Lipinski definition) is 0. The van der Waals surface area contributed by atoms with E-state index in [1.807, 2.05) is 41.3 Å². The summed E-state index contributed by atoms with van der Waals surface area (Å²) in [5, 5.41) is 11.9. The number of nitriles is 1. The molecule has 9 nitrogen and oxygen atoms in total. The Morgan fingerprint density at radius 1 is 1.16 bits per heavy atom. The van der Waals surface area contributed by atoms with Gasteiger partial charge in [-0.25, -0.2) is 9.37 Å². The molecule has 0 N–H and O–H groups in total. The predicted molar refractivity (Wildman–Crippen MR) is 173 cm³/mol. The maximum Gasteiger partial charge on any atom is 0.319 e. The van der Waals surface area contributed by atoms with E-state index in [9.17, 15) is 14.4 Å². The lowest BCUT2D eigenvalue weighted by atomic mass is 9.95. The van der Waals surface area contributed by atoms with Crippen molar-refractivity contribution in [3.63, 3.8) is 0 Å². The summed E-state index contributed by atoms with van der Waals surface area (Å²) in [4.78, 5) is 32.5. The Morgan fingerprint density at radius 2 is 1.96 bits per heavy atom. The fraction of sp³-hybridized carbons (Fsp3) is 0.324. The van der Waals surface area contributed by atoms with Gasteiger partial charge in [-0.2, -0.15) is 15.2 Å². The first-order chi connectivity index (χ1) is 21.8. The summed E-state index contributed by atoms with van der Waals surface area (Å²) in [5.74, 6) is 1.42. The summed E-state index contributed by atoms with van der Waals surface area (Å²) in [7, 11) is 2.07. The first-order valence-corrected chi connectivity index (χ1v) is 15.1. The minimum absolute atomic E-state index is 0.00489. The standard InChI is InChI=1S/C34H31ClFN7O2/c1-4-25-27(26-11-5-8-22-9-6-12-28(35)29(22)26)18-38-31-30(25)39-34(45-20-24-10-7-15-41(24)3)40-32(31)42-16-17-43(33(44)21(2)36)23(19-42)13-14-37/h1,5-6,8-9,11-12,18,23-24H,2,7,10,13,15-17,19-20H2,3H3/t23-,24?/m0/s1. The summed E-state index contributed by atoms with van der Waals surface area (Å²) in [6.45, 7) is 5.25. The van der Waals surface area contributed by atoms with Crippen molar-refractivity contribution in [1.82, 2.24) is 24.8 Å². The SMILES string of the molecule is C#Cc1c(-c2cccc3cccc(Cl)c23)cnc2c(N3CCN(C(=O)C(=C)F)[C@@H](CC#N)C3)nc(OCC3CCCN3C)nc12. The van der Waals surface area contributed by atoms with Gasteiger partial charge >= 0.3 is 6.01 Å². The highest BCUT2D eigenvalue weighted by Crippen LogP contribution is 2.38. The summed E-state index contributed by atoms with van der Waals surface area (Å²) >= 11 is 6.68. The number of aromatic nitrogens is 3. The van der Waals surface area contributed by atoms with E-state index in [2.05, 4.69) is 30.5 Å². The van der Waals surface area contributed by atoms with Crippen molar-refractivity contribution in [1.29, 1.82) is 5.26 Å². The molecule has 0 bridgehead atoms. The molecule has 11 heteroatoms. The molecule has 0 spiro atoms. The van der Waals surface area contributed by atoms with Crippen LogP contribution in [0, 0.1) is 23.7 Å². The molecular weight excluding hydrogens is 593 g/mol. The zero-order chi connectivity index (χ0) is 31.7. The van der Waals surface area contributed by atoms with E-state index in [0.29, 0.717) is 46.2 Å². The average Bonchev–Trinajstić information content (AvgIpc) is 3.46. The van der Waals surface area contributed by atoms with Crippen LogP contribution in [0.25, 0.3) is 32.9 Å². The van der Waals surface area contributed by atoms with Crippen LogP contribution < -0.4 is 9.64 Å². The third-order valence-corrected chi connectivity index (χ3v) is 8.96. The van der Waals surface area contributed by atoms with Gasteiger partial charge in [0.1, 0.15) is 17.6 Å². The van der Waals surface area contributed by atoms with Crippen LogP contribution in [0.15, 0.2) is 55.0 Å². The highest BCUT2D eigenvalue weighted by Gasteiger charge is 2.34. The molecule has 2 aromatic heterocycles. The van der Waals surface area contributed by atoms with Crippen LogP contribution >= 0.6 is 11.6 Å². The number of nitrogens with zero attached hydrogens (tertiary/aromatic N) is 7. The molecule has 1 amide bonds. The van der Waals surface area contributed by atoms with Crippen LogP contribution in [0.3, 0.4) is 0 Å². The number of likely N-dealkylation sites (tertiary alicyclic amines) is 1. The van der Waals surface area contributed by atoms with Gasteiger partial charge in [-0.05, 0) is 43.5 Å². The molecule has 4 heterocycles. The molecule has 2 atom stereocenters. The molecule has 45 heavy (non-hydrogen) atoms. The number of rotatable bonds is 7. The maximum absolute atomic E-state index is 13.8. The number of anilines is 1. The largest absolute Gasteiger partial charge is 0.462 e. The van der Waals surface area contributed by atoms with E-state index < -0.39 is 17.8 Å². The molecule has 0 radical (unpaired) electrons. The van der Waals surface area contributed by atoms with Crippen LogP contribution in [-0.2, 0) is 4.79 Å². The minimum Gasteiger partial charge on any atom is -0.462 e. The third kappa shape index (κ3) is 5.75. The summed E-state index contributed by atoms with van der Waals surface area (Å²) < 4.78 is 20.1. The number of fused-ring (bicyclic) bond motifs is 2. The molecule has 2 aliphatic heterocycles. The van der Waals surface area contributed by atoms with Gasteiger partial charge in [0.05, 0.1) is 24.1 Å². The first-order valence-electron chi connectivity index (χ1n) is 14.8. The lowest BCUT2D eigenvalue weighted by Crippen LogP contribution is -2.55. The molecule has 4 aromatic rings.